The van der Waals surface area contributed by atoms with Crippen LogP contribution in [0.15, 0.2) is 17.0 Å². The Balaban J connectivity index is 1.88. The second-order valence-electron chi connectivity index (χ2n) is 5.88. The average Bonchev–Trinajstić information content (AvgIpc) is 3.16. The second kappa shape index (κ2) is 6.09. The zero-order valence-electron chi connectivity index (χ0n) is 13.3. The molecule has 1 saturated carbocycles. The molecule has 8 heteroatoms. The fourth-order valence-electron chi connectivity index (χ4n) is 2.54. The van der Waals surface area contributed by atoms with Crippen molar-refractivity contribution in [1.82, 2.24) is 9.36 Å². The number of aromatic nitrogens is 2. The van der Waals surface area contributed by atoms with Gasteiger partial charge in [0.15, 0.2) is 0 Å². The summed E-state index contributed by atoms with van der Waals surface area (Å²) in [6.45, 7) is 3.65. The third kappa shape index (κ3) is 3.64. The first-order valence-electron chi connectivity index (χ1n) is 7.39. The van der Waals surface area contributed by atoms with Gasteiger partial charge in [0.25, 0.3) is 10.0 Å². The maximum Gasteiger partial charge on any atom is 0.267 e. The van der Waals surface area contributed by atoms with Crippen molar-refractivity contribution in [1.29, 1.82) is 0 Å². The van der Waals surface area contributed by atoms with Crippen molar-refractivity contribution in [2.24, 2.45) is 5.92 Å². The highest BCUT2D eigenvalue weighted by Gasteiger charge is 2.26. The molecule has 0 saturated heterocycles. The molecule has 2 aromatic rings. The maximum absolute atomic E-state index is 12.7. The Kier molecular flexibility index (Phi) is 4.29. The lowest BCUT2D eigenvalue weighted by molar-refractivity contribution is 0.402. The van der Waals surface area contributed by atoms with Crippen molar-refractivity contribution in [3.63, 3.8) is 0 Å². The van der Waals surface area contributed by atoms with E-state index >= 15 is 0 Å². The smallest absolute Gasteiger partial charge is 0.267 e. The molecular weight excluding hydrogens is 334 g/mol. The number of hydrogen-bond donors (Lipinski definition) is 1. The van der Waals surface area contributed by atoms with Gasteiger partial charge in [-0.3, -0.25) is 4.72 Å². The first-order valence-corrected chi connectivity index (χ1v) is 9.65. The molecule has 1 aliphatic rings. The van der Waals surface area contributed by atoms with Crippen LogP contribution in [0.4, 0.5) is 5.13 Å². The van der Waals surface area contributed by atoms with E-state index < -0.39 is 10.0 Å². The molecule has 1 fully saturated rings. The van der Waals surface area contributed by atoms with Crippen LogP contribution in [0.25, 0.3) is 0 Å². The van der Waals surface area contributed by atoms with Crippen molar-refractivity contribution in [3.05, 3.63) is 29.1 Å². The van der Waals surface area contributed by atoms with E-state index in [-0.39, 0.29) is 4.90 Å². The molecule has 3 rings (SSSR count). The van der Waals surface area contributed by atoms with E-state index in [9.17, 15) is 8.42 Å². The topological polar surface area (TPSA) is 81.2 Å². The van der Waals surface area contributed by atoms with E-state index in [1.807, 2.05) is 13.0 Å². The van der Waals surface area contributed by atoms with Gasteiger partial charge in [0.1, 0.15) is 16.5 Å². The van der Waals surface area contributed by atoms with Crippen LogP contribution >= 0.6 is 11.5 Å². The standard InChI is InChI=1S/C15H19N3O3S2/c1-9-6-10(2)14(12(7-9)21-3)23(19,20)18-15-16-13(17-22-15)8-11-4-5-11/h6-7,11H,4-5,8H2,1-3H3,(H,16,17,18). The minimum absolute atomic E-state index is 0.143. The van der Waals surface area contributed by atoms with Crippen LogP contribution in [0.2, 0.25) is 0 Å². The average molecular weight is 353 g/mol. The third-order valence-corrected chi connectivity index (χ3v) is 6.05. The van der Waals surface area contributed by atoms with Gasteiger partial charge in [0.2, 0.25) is 5.13 Å². The molecule has 1 aromatic heterocycles. The number of nitrogens with zero attached hydrogens (tertiary/aromatic N) is 2. The zero-order valence-corrected chi connectivity index (χ0v) is 14.9. The molecule has 1 aliphatic carbocycles. The molecule has 0 spiro atoms. The minimum atomic E-state index is -3.77. The van der Waals surface area contributed by atoms with Crippen LogP contribution in [0.3, 0.4) is 0 Å². The third-order valence-electron chi connectivity index (χ3n) is 3.73. The molecule has 124 valence electrons. The first-order chi connectivity index (χ1) is 10.9. The summed E-state index contributed by atoms with van der Waals surface area (Å²) in [4.78, 5) is 4.42. The Bertz CT molecular complexity index is 826. The van der Waals surface area contributed by atoms with Gasteiger partial charge >= 0.3 is 0 Å². The number of methoxy groups -OCH3 is 1. The van der Waals surface area contributed by atoms with Crippen molar-refractivity contribution in [3.8, 4) is 5.75 Å². The number of nitrogens with one attached hydrogen (secondary N) is 1. The largest absolute Gasteiger partial charge is 0.495 e. The number of sulfonamides is 1. The number of hydrogen-bond acceptors (Lipinski definition) is 6. The predicted molar refractivity (Wildman–Crippen MR) is 89.6 cm³/mol. The summed E-state index contributed by atoms with van der Waals surface area (Å²) in [6.07, 6.45) is 3.24. The summed E-state index contributed by atoms with van der Waals surface area (Å²) >= 11 is 1.07. The van der Waals surface area contributed by atoms with E-state index in [1.165, 1.54) is 20.0 Å². The van der Waals surface area contributed by atoms with Crippen molar-refractivity contribution in [2.45, 2.75) is 38.0 Å². The van der Waals surface area contributed by atoms with Gasteiger partial charge in [0.05, 0.1) is 7.11 Å². The summed E-state index contributed by atoms with van der Waals surface area (Å²) in [5.41, 5.74) is 1.58. The molecular formula is C15H19N3O3S2. The molecule has 0 radical (unpaired) electrons. The Hall–Kier alpha value is -1.67. The number of benzene rings is 1. The van der Waals surface area contributed by atoms with Gasteiger partial charge in [-0.15, -0.1) is 0 Å². The van der Waals surface area contributed by atoms with Crippen molar-refractivity contribution >= 4 is 26.7 Å². The highest BCUT2D eigenvalue weighted by molar-refractivity contribution is 7.93. The second-order valence-corrected chi connectivity index (χ2v) is 8.25. The fraction of sp³-hybridized carbons (Fsp3) is 0.467. The Morgan fingerprint density at radius 1 is 1.35 bits per heavy atom. The normalized spacial score (nSPS) is 14.7. The summed E-state index contributed by atoms with van der Waals surface area (Å²) in [5, 5.41) is 0.294. The Morgan fingerprint density at radius 2 is 2.09 bits per heavy atom. The van der Waals surface area contributed by atoms with Crippen LogP contribution in [0.1, 0.15) is 29.8 Å². The summed E-state index contributed by atoms with van der Waals surface area (Å²) in [5.74, 6) is 1.70. The minimum Gasteiger partial charge on any atom is -0.495 e. The van der Waals surface area contributed by atoms with E-state index in [0.29, 0.717) is 28.2 Å². The van der Waals surface area contributed by atoms with Crippen LogP contribution in [-0.4, -0.2) is 24.9 Å². The summed E-state index contributed by atoms with van der Waals surface area (Å²) in [7, 11) is -2.31. The summed E-state index contributed by atoms with van der Waals surface area (Å²) < 4.78 is 37.4. The molecule has 0 atom stereocenters. The number of aryl methyl sites for hydroxylation is 2. The highest BCUT2D eigenvalue weighted by atomic mass is 32.2. The van der Waals surface area contributed by atoms with Gasteiger partial charge < -0.3 is 4.74 Å². The SMILES string of the molecule is COc1cc(C)cc(C)c1S(=O)(=O)Nc1nc(CC2CC2)ns1. The number of ether oxygens (including phenoxy) is 1. The molecule has 0 aliphatic heterocycles. The molecule has 6 nitrogen and oxygen atoms in total. The van der Waals surface area contributed by atoms with Gasteiger partial charge in [0, 0.05) is 18.0 Å². The first kappa shape index (κ1) is 16.2. The lowest BCUT2D eigenvalue weighted by Crippen LogP contribution is -2.15. The van der Waals surface area contributed by atoms with E-state index in [2.05, 4.69) is 14.1 Å². The molecule has 0 bridgehead atoms. The van der Waals surface area contributed by atoms with Gasteiger partial charge in [-0.25, -0.2) is 13.4 Å². The van der Waals surface area contributed by atoms with Crippen LogP contribution in [0, 0.1) is 19.8 Å². The van der Waals surface area contributed by atoms with E-state index in [1.54, 1.807) is 13.0 Å². The highest BCUT2D eigenvalue weighted by Crippen LogP contribution is 2.33. The molecule has 0 amide bonds. The lowest BCUT2D eigenvalue weighted by Gasteiger charge is -2.13. The quantitative estimate of drug-likeness (QED) is 0.863. The molecule has 23 heavy (non-hydrogen) atoms. The molecule has 1 heterocycles. The lowest BCUT2D eigenvalue weighted by atomic mass is 10.1. The van der Waals surface area contributed by atoms with E-state index in [0.717, 1.165) is 23.5 Å². The van der Waals surface area contributed by atoms with Crippen molar-refractivity contribution in [2.75, 3.05) is 11.8 Å². The van der Waals surface area contributed by atoms with Gasteiger partial charge in [-0.1, -0.05) is 6.07 Å². The monoisotopic (exact) mass is 353 g/mol. The molecule has 1 N–H and O–H groups in total. The molecule has 1 aromatic carbocycles. The van der Waals surface area contributed by atoms with Crippen molar-refractivity contribution < 1.29 is 13.2 Å². The molecule has 0 unspecified atom stereocenters. The van der Waals surface area contributed by atoms with Gasteiger partial charge in [-0.2, -0.15) is 4.37 Å². The zero-order chi connectivity index (χ0) is 16.6. The summed E-state index contributed by atoms with van der Waals surface area (Å²) in [6, 6.07) is 3.52. The van der Waals surface area contributed by atoms with Crippen LogP contribution in [0.5, 0.6) is 5.75 Å². The van der Waals surface area contributed by atoms with E-state index in [4.69, 9.17) is 4.74 Å². The Labute approximate surface area is 140 Å². The van der Waals surface area contributed by atoms with Gasteiger partial charge in [-0.05, 0) is 49.8 Å². The Morgan fingerprint density at radius 3 is 2.74 bits per heavy atom. The van der Waals surface area contributed by atoms with Crippen LogP contribution in [-0.2, 0) is 16.4 Å². The fourth-order valence-corrected chi connectivity index (χ4v) is 4.73. The number of rotatable bonds is 6. The maximum atomic E-state index is 12.7. The number of anilines is 1. The predicted octanol–water partition coefficient (Wildman–Crippen LogP) is 2.92. The van der Waals surface area contributed by atoms with Crippen LogP contribution < -0.4 is 9.46 Å².